The molecule has 1 aromatic carbocycles. The van der Waals surface area contributed by atoms with Crippen LogP contribution in [0.5, 0.6) is 5.75 Å². The summed E-state index contributed by atoms with van der Waals surface area (Å²) in [6.45, 7) is 2.97. The van der Waals surface area contributed by atoms with Gasteiger partial charge >= 0.3 is 0 Å². The van der Waals surface area contributed by atoms with Crippen molar-refractivity contribution in [2.75, 3.05) is 40.5 Å². The third-order valence-electron chi connectivity index (χ3n) is 3.17. The molecule has 0 atom stereocenters. The van der Waals surface area contributed by atoms with Gasteiger partial charge in [-0.1, -0.05) is 6.07 Å². The molecule has 0 saturated heterocycles. The second-order valence-electron chi connectivity index (χ2n) is 4.70. The van der Waals surface area contributed by atoms with E-state index in [0.717, 1.165) is 18.5 Å². The summed E-state index contributed by atoms with van der Waals surface area (Å²) in [7, 11) is 3.71. The molecule has 0 spiro atoms. The van der Waals surface area contributed by atoms with Crippen molar-refractivity contribution in [3.63, 3.8) is 0 Å². The van der Waals surface area contributed by atoms with Gasteiger partial charge in [0.2, 0.25) is 0 Å². The molecule has 20 heavy (non-hydrogen) atoms. The predicted octanol–water partition coefficient (Wildman–Crippen LogP) is 1.49. The first-order chi connectivity index (χ1) is 9.70. The summed E-state index contributed by atoms with van der Waals surface area (Å²) < 4.78 is 10.7. The van der Waals surface area contributed by atoms with Crippen LogP contribution in [0.2, 0.25) is 0 Å². The molecule has 2 aromatic rings. The molecule has 0 saturated carbocycles. The van der Waals surface area contributed by atoms with Crippen molar-refractivity contribution < 1.29 is 9.47 Å². The van der Waals surface area contributed by atoms with Crippen LogP contribution in [0.25, 0.3) is 10.8 Å². The van der Waals surface area contributed by atoms with Gasteiger partial charge in [0.25, 0.3) is 5.56 Å². The molecule has 0 radical (unpaired) electrons. The quantitative estimate of drug-likeness (QED) is 0.832. The number of nitrogens with one attached hydrogen (secondary N) is 1. The normalized spacial score (nSPS) is 11.2. The second-order valence-corrected chi connectivity index (χ2v) is 4.70. The number of methoxy groups -OCH3 is 1. The number of fused-ring (bicyclic) bond motifs is 1. The summed E-state index contributed by atoms with van der Waals surface area (Å²) in [5.74, 6) is 0.717. The molecule has 0 aliphatic heterocycles. The average molecular weight is 276 g/mol. The Morgan fingerprint density at radius 2 is 2.00 bits per heavy atom. The second kappa shape index (κ2) is 7.07. The molecule has 0 fully saturated rings. The molecule has 2 rings (SSSR count). The smallest absolute Gasteiger partial charge is 0.255 e. The molecule has 0 aliphatic rings. The number of ether oxygens (including phenoxy) is 2. The molecular formula is C15H20N2O3. The van der Waals surface area contributed by atoms with Gasteiger partial charge in [-0.15, -0.1) is 0 Å². The summed E-state index contributed by atoms with van der Waals surface area (Å²) in [5.41, 5.74) is -0.0924. The minimum absolute atomic E-state index is 0.0924. The van der Waals surface area contributed by atoms with Crippen LogP contribution in [0.3, 0.4) is 0 Å². The average Bonchev–Trinajstić information content (AvgIpc) is 2.46. The number of nitrogens with zero attached hydrogens (tertiary/aromatic N) is 1. The number of aromatic amines is 1. The summed E-state index contributed by atoms with van der Waals surface area (Å²) in [6, 6.07) is 7.44. The molecule has 5 heteroatoms. The number of benzene rings is 1. The van der Waals surface area contributed by atoms with Crippen LogP contribution in [0, 0.1) is 0 Å². The van der Waals surface area contributed by atoms with Crippen molar-refractivity contribution in [3.8, 4) is 5.75 Å². The van der Waals surface area contributed by atoms with Crippen molar-refractivity contribution in [3.05, 3.63) is 40.8 Å². The van der Waals surface area contributed by atoms with Gasteiger partial charge in [0.1, 0.15) is 12.4 Å². The van der Waals surface area contributed by atoms with Crippen molar-refractivity contribution in [2.45, 2.75) is 0 Å². The van der Waals surface area contributed by atoms with Gasteiger partial charge in [-0.2, -0.15) is 0 Å². The highest BCUT2D eigenvalue weighted by Gasteiger charge is 2.02. The monoisotopic (exact) mass is 276 g/mol. The van der Waals surface area contributed by atoms with Gasteiger partial charge in [-0.25, -0.2) is 0 Å². The van der Waals surface area contributed by atoms with E-state index >= 15 is 0 Å². The Balaban J connectivity index is 1.93. The maximum absolute atomic E-state index is 11.7. The SMILES string of the molecule is COCCN(C)CCOc1ccc2cc[nH]c(=O)c2c1. The van der Waals surface area contributed by atoms with E-state index in [-0.39, 0.29) is 5.56 Å². The number of H-pyrrole nitrogens is 1. The van der Waals surface area contributed by atoms with Crippen LogP contribution >= 0.6 is 0 Å². The van der Waals surface area contributed by atoms with E-state index in [1.165, 1.54) is 0 Å². The van der Waals surface area contributed by atoms with Gasteiger partial charge in [0.05, 0.1) is 12.0 Å². The Morgan fingerprint density at radius 3 is 2.80 bits per heavy atom. The Kier molecular flexibility index (Phi) is 5.15. The van der Waals surface area contributed by atoms with Crippen molar-refractivity contribution in [1.29, 1.82) is 0 Å². The third kappa shape index (κ3) is 3.82. The number of likely N-dealkylation sites (N-methyl/N-ethyl adjacent to an activating group) is 1. The van der Waals surface area contributed by atoms with Gasteiger partial charge in [0, 0.05) is 26.4 Å². The molecule has 0 aliphatic carbocycles. The molecule has 0 amide bonds. The topological polar surface area (TPSA) is 54.6 Å². The Bertz CT molecular complexity index is 609. The van der Waals surface area contributed by atoms with Crippen molar-refractivity contribution in [1.82, 2.24) is 9.88 Å². The lowest BCUT2D eigenvalue weighted by atomic mass is 10.2. The van der Waals surface area contributed by atoms with Crippen molar-refractivity contribution in [2.24, 2.45) is 0 Å². The highest BCUT2D eigenvalue weighted by atomic mass is 16.5. The molecule has 0 unspecified atom stereocenters. The van der Waals surface area contributed by atoms with E-state index in [1.807, 2.05) is 25.2 Å². The maximum atomic E-state index is 11.7. The summed E-state index contributed by atoms with van der Waals surface area (Å²) >= 11 is 0. The summed E-state index contributed by atoms with van der Waals surface area (Å²) in [5, 5.41) is 1.57. The highest BCUT2D eigenvalue weighted by molar-refractivity contribution is 5.82. The minimum atomic E-state index is -0.0924. The number of hydrogen-bond acceptors (Lipinski definition) is 4. The lowest BCUT2D eigenvalue weighted by molar-refractivity contribution is 0.150. The molecule has 1 heterocycles. The Morgan fingerprint density at radius 1 is 1.20 bits per heavy atom. The van der Waals surface area contributed by atoms with E-state index in [9.17, 15) is 4.79 Å². The van der Waals surface area contributed by atoms with E-state index in [0.29, 0.717) is 24.3 Å². The maximum Gasteiger partial charge on any atom is 0.255 e. The largest absolute Gasteiger partial charge is 0.492 e. The van der Waals surface area contributed by atoms with E-state index in [2.05, 4.69) is 9.88 Å². The molecule has 5 nitrogen and oxygen atoms in total. The number of aromatic nitrogens is 1. The zero-order valence-electron chi connectivity index (χ0n) is 11.9. The summed E-state index contributed by atoms with van der Waals surface area (Å²) in [6.07, 6.45) is 1.65. The first-order valence-electron chi connectivity index (χ1n) is 6.62. The first-order valence-corrected chi connectivity index (χ1v) is 6.62. The predicted molar refractivity (Wildman–Crippen MR) is 79.4 cm³/mol. The Labute approximate surface area is 118 Å². The highest BCUT2D eigenvalue weighted by Crippen LogP contribution is 2.17. The fourth-order valence-corrected chi connectivity index (χ4v) is 1.93. The summed E-state index contributed by atoms with van der Waals surface area (Å²) in [4.78, 5) is 16.5. The van der Waals surface area contributed by atoms with E-state index < -0.39 is 0 Å². The zero-order valence-corrected chi connectivity index (χ0v) is 11.9. The zero-order chi connectivity index (χ0) is 14.4. The van der Waals surface area contributed by atoms with Gasteiger partial charge in [0.15, 0.2) is 0 Å². The molecule has 108 valence electrons. The molecule has 1 N–H and O–H groups in total. The van der Waals surface area contributed by atoms with E-state index in [4.69, 9.17) is 9.47 Å². The van der Waals surface area contributed by atoms with Crippen LogP contribution in [-0.2, 0) is 4.74 Å². The number of hydrogen-bond donors (Lipinski definition) is 1. The van der Waals surface area contributed by atoms with Crippen LogP contribution in [0.4, 0.5) is 0 Å². The Hall–Kier alpha value is -1.85. The standard InChI is InChI=1S/C15H20N2O3/c1-17(7-9-19-2)8-10-20-13-4-3-12-5-6-16-15(18)14(12)11-13/h3-6,11H,7-10H2,1-2H3,(H,16,18). The fraction of sp³-hybridized carbons (Fsp3) is 0.400. The van der Waals surface area contributed by atoms with Gasteiger partial charge < -0.3 is 19.4 Å². The minimum Gasteiger partial charge on any atom is -0.492 e. The van der Waals surface area contributed by atoms with Crippen LogP contribution < -0.4 is 10.3 Å². The molecular weight excluding hydrogens is 256 g/mol. The number of pyridine rings is 1. The first kappa shape index (κ1) is 14.6. The van der Waals surface area contributed by atoms with E-state index in [1.54, 1.807) is 19.4 Å². The number of rotatable bonds is 7. The fourth-order valence-electron chi connectivity index (χ4n) is 1.93. The van der Waals surface area contributed by atoms with Crippen molar-refractivity contribution >= 4 is 10.8 Å². The lowest BCUT2D eigenvalue weighted by Crippen LogP contribution is -2.27. The van der Waals surface area contributed by atoms with Crippen LogP contribution in [0.1, 0.15) is 0 Å². The van der Waals surface area contributed by atoms with Gasteiger partial charge in [-0.05, 0) is 30.6 Å². The lowest BCUT2D eigenvalue weighted by Gasteiger charge is -2.16. The van der Waals surface area contributed by atoms with Gasteiger partial charge in [-0.3, -0.25) is 4.79 Å². The van der Waals surface area contributed by atoms with Crippen LogP contribution in [-0.4, -0.2) is 50.3 Å². The molecule has 0 bridgehead atoms. The third-order valence-corrected chi connectivity index (χ3v) is 3.17. The van der Waals surface area contributed by atoms with Crippen LogP contribution in [0.15, 0.2) is 35.3 Å². The molecule has 1 aromatic heterocycles.